The first kappa shape index (κ1) is 90.3. The van der Waals surface area contributed by atoms with E-state index in [0.717, 1.165) is 16.7 Å². The Morgan fingerprint density at radius 2 is 0.793 bits per heavy atom. The van der Waals surface area contributed by atoms with Crippen molar-refractivity contribution in [2.45, 2.75) is 205 Å². The van der Waals surface area contributed by atoms with Crippen molar-refractivity contribution in [1.29, 1.82) is 0 Å². The fraction of sp³-hybridized carbons (Fsp3) is 0.559. The molecule has 0 saturated carbocycles. The fourth-order valence-corrected chi connectivity index (χ4v) is 4.79. The average Bonchev–Trinajstić information content (AvgIpc) is 3.30. The van der Waals surface area contributed by atoms with Gasteiger partial charge in [-0.15, -0.1) is 0 Å². The van der Waals surface area contributed by atoms with Crippen molar-refractivity contribution >= 4 is 49.0 Å². The molecule has 0 bridgehead atoms. The van der Waals surface area contributed by atoms with Crippen molar-refractivity contribution in [3.8, 4) is 0 Å². The van der Waals surface area contributed by atoms with Crippen molar-refractivity contribution in [3.05, 3.63) is 108 Å². The summed E-state index contributed by atoms with van der Waals surface area (Å²) < 4.78 is 38.6. The number of rotatable bonds is 9. The predicted molar refractivity (Wildman–Crippen MR) is 338 cm³/mol. The molecule has 0 aliphatic rings. The van der Waals surface area contributed by atoms with Crippen LogP contribution in [0, 0.1) is 0 Å². The van der Waals surface area contributed by atoms with Gasteiger partial charge in [-0.1, -0.05) is 98.4 Å². The van der Waals surface area contributed by atoms with Gasteiger partial charge in [0.25, 0.3) is 0 Å². The number of hydrogen-bond acceptors (Lipinski definition) is 22. The Labute approximate surface area is 516 Å². The van der Waals surface area contributed by atoms with E-state index in [1.807, 2.05) is 159 Å². The topological polar surface area (TPSA) is 403 Å². The first-order valence-electron chi connectivity index (χ1n) is 26.6. The summed E-state index contributed by atoms with van der Waals surface area (Å²) in [5.41, 5.74) is 16.2. The maximum absolute atomic E-state index is 11.5. The van der Waals surface area contributed by atoms with Gasteiger partial charge in [0.1, 0.15) is 39.2 Å². The maximum atomic E-state index is 11.5. The lowest BCUT2D eigenvalue weighted by molar-refractivity contribution is -0.0295. The van der Waals surface area contributed by atoms with Gasteiger partial charge < -0.3 is 43.4 Å². The second-order valence-electron chi connectivity index (χ2n) is 24.3. The van der Waals surface area contributed by atoms with E-state index < -0.39 is 82.0 Å². The first-order chi connectivity index (χ1) is 38.7. The molecule has 28 heteroatoms. The molecule has 15 N–H and O–H groups in total. The van der Waals surface area contributed by atoms with Crippen molar-refractivity contribution < 1.29 is 76.9 Å². The van der Waals surface area contributed by atoms with E-state index in [4.69, 9.17) is 39.0 Å². The Balaban J connectivity index is -0.000000227. The van der Waals surface area contributed by atoms with Crippen LogP contribution in [-0.4, -0.2) is 113 Å². The van der Waals surface area contributed by atoms with Crippen molar-refractivity contribution in [2.24, 2.45) is 22.6 Å². The highest BCUT2D eigenvalue weighted by Crippen LogP contribution is 2.13. The predicted octanol–water partition coefficient (Wildman–Crippen LogP) is 9.85. The van der Waals surface area contributed by atoms with Gasteiger partial charge in [0.05, 0.1) is 6.21 Å². The molecule has 0 spiro atoms. The Morgan fingerprint density at radius 1 is 0.471 bits per heavy atom. The minimum atomic E-state index is -1.06. The van der Waals surface area contributed by atoms with Crippen LogP contribution >= 0.6 is 0 Å². The number of nitrogens with two attached hydrogens (primary N) is 3. The van der Waals surface area contributed by atoms with Gasteiger partial charge in [0.2, 0.25) is 0 Å². The highest BCUT2D eigenvalue weighted by Gasteiger charge is 2.25. The fourth-order valence-electron chi connectivity index (χ4n) is 4.79. The molecular weight excluding hydrogens is 1130 g/mol. The lowest BCUT2D eigenvalue weighted by Gasteiger charge is -2.23. The number of hydrazine groups is 5. The Kier molecular flexibility index (Phi) is 47.2. The van der Waals surface area contributed by atoms with Crippen LogP contribution in [0.2, 0.25) is 0 Å². The van der Waals surface area contributed by atoms with Crippen LogP contribution in [0.4, 0.5) is 33.6 Å². The zero-order valence-electron chi connectivity index (χ0n) is 54.9. The van der Waals surface area contributed by atoms with E-state index in [-0.39, 0.29) is 12.9 Å². The van der Waals surface area contributed by atoms with E-state index in [9.17, 15) is 33.6 Å². The van der Waals surface area contributed by atoms with Gasteiger partial charge in [0.15, 0.2) is 0 Å². The molecule has 500 valence electrons. The molecule has 0 aromatic heterocycles. The van der Waals surface area contributed by atoms with Crippen molar-refractivity contribution in [2.75, 3.05) is 14.1 Å². The zero-order valence-corrected chi connectivity index (χ0v) is 54.9. The quantitative estimate of drug-likeness (QED) is 0.0181. The monoisotopic (exact) mass is 1240 g/mol. The lowest BCUT2D eigenvalue weighted by Crippen LogP contribution is -2.42. The molecule has 3 aromatic carbocycles. The molecular formula is C59H108N12O16. The summed E-state index contributed by atoms with van der Waals surface area (Å²) in [7, 11) is 3.40. The van der Waals surface area contributed by atoms with E-state index >= 15 is 0 Å². The van der Waals surface area contributed by atoms with Gasteiger partial charge in [0, 0.05) is 27.2 Å². The van der Waals surface area contributed by atoms with Crippen LogP contribution in [0.3, 0.4) is 0 Å². The average molecular weight is 1240 g/mol. The van der Waals surface area contributed by atoms with Crippen LogP contribution in [-0.2, 0) is 51.0 Å². The third kappa shape index (κ3) is 70.5. The van der Waals surface area contributed by atoms with Crippen LogP contribution in [0.5, 0.6) is 0 Å². The zero-order chi connectivity index (χ0) is 66.9. The largest absolute Gasteiger partial charge is 0.519 e. The van der Waals surface area contributed by atoms with E-state index in [1.54, 1.807) is 108 Å². The molecule has 0 heterocycles. The summed E-state index contributed by atoms with van der Waals surface area (Å²) in [4.78, 5) is 77.0. The second-order valence-corrected chi connectivity index (χ2v) is 24.3. The molecule has 3 aromatic rings. The van der Waals surface area contributed by atoms with Crippen LogP contribution in [0.1, 0.15) is 170 Å². The van der Waals surface area contributed by atoms with Crippen LogP contribution in [0.25, 0.3) is 0 Å². The highest BCUT2D eigenvalue weighted by molar-refractivity contribution is 5.80. The first-order valence-corrected chi connectivity index (χ1v) is 26.6. The van der Waals surface area contributed by atoms with Crippen LogP contribution < -0.4 is 55.5 Å². The second kappa shape index (κ2) is 45.5. The maximum Gasteiger partial charge on any atom is 0.519 e. The summed E-state index contributed by atoms with van der Waals surface area (Å²) in [6.07, 6.45) is -3.09. The highest BCUT2D eigenvalue weighted by atomic mass is 16.8. The van der Waals surface area contributed by atoms with Crippen molar-refractivity contribution in [1.82, 2.24) is 43.0 Å². The summed E-state index contributed by atoms with van der Waals surface area (Å²) in [6, 6.07) is 29.2. The molecule has 3 rings (SSSR count). The Morgan fingerprint density at radius 3 is 1.14 bits per heavy atom. The SMILES string of the molecule is C.CC(C)(C)OC(=O)N/N=C/c1ccccc1.CC(C)(C)OC(=O)NN.CC(C)(C)OC(=O)NNCc1ccccc1.CC(C)(C)OC(=O)OC(=O)OC(C)(C)C.CN(Cc1ccccc1)NC(=O)OC(C)(C)C.CNNC(=O)OC(C)(C)C.NN.O. The van der Waals surface area contributed by atoms with Gasteiger partial charge in [-0.3, -0.25) is 33.4 Å². The minimum absolute atomic E-state index is 0. The third-order valence-electron chi connectivity index (χ3n) is 7.32. The number of hydrazone groups is 1. The molecule has 0 aliphatic carbocycles. The molecule has 87 heavy (non-hydrogen) atoms. The number of carbonyl (C=O) groups is 7. The number of nitrogens with zero attached hydrogens (tertiary/aromatic N) is 2. The lowest BCUT2D eigenvalue weighted by atomic mass is 10.2. The number of ether oxygens (including phenoxy) is 8. The molecule has 0 saturated heterocycles. The number of benzene rings is 3. The summed E-state index contributed by atoms with van der Waals surface area (Å²) >= 11 is 0. The molecule has 28 nitrogen and oxygen atoms in total. The summed E-state index contributed by atoms with van der Waals surface area (Å²) in [5.74, 6) is 12.8. The van der Waals surface area contributed by atoms with Crippen LogP contribution in [0.15, 0.2) is 96.1 Å². The van der Waals surface area contributed by atoms with Gasteiger partial charge in [-0.2, -0.15) is 5.10 Å². The number of carbonyl (C=O) groups excluding carboxylic acids is 7. The molecule has 0 radical (unpaired) electrons. The number of hydrogen-bond donors (Lipinski definition) is 10. The summed E-state index contributed by atoms with van der Waals surface area (Å²) in [6.45, 7) is 38.3. The molecule has 0 atom stereocenters. The third-order valence-corrected chi connectivity index (χ3v) is 7.32. The summed E-state index contributed by atoms with van der Waals surface area (Å²) in [5, 5.41) is 5.47. The van der Waals surface area contributed by atoms with E-state index in [0.29, 0.717) is 13.1 Å². The smallest absolute Gasteiger partial charge is 0.443 e. The molecule has 0 aliphatic heterocycles. The number of nitrogens with one attached hydrogen (secondary N) is 7. The Hall–Kier alpha value is -7.86. The molecule has 5 amide bonds. The molecule has 0 fully saturated rings. The minimum Gasteiger partial charge on any atom is -0.443 e. The standard InChI is InChI=1S/C13H20N2O2.C12H18N2O2.C12H16N2O2.C10H18O5.C6H14N2O2.C5H12N2O2.CH4.H4N2.H2O/c1-13(2,3)17-12(16)14-15(4)10-11-8-6-5-7-9-11;2*1-12(2,3)16-11(15)14-13-9-10-7-5-4-6-8-10;1-9(2,3)14-7(11)13-8(12)15-10(4,5)6;1-6(2,3)10-5(9)8-7-4;1-5(2,3)9-4(8)7-6;;1-2;/h5-9H,10H2,1-4H3,(H,14,16);4-8,13H,9H2,1-3H3,(H,14,15);4-9H,1-3H3,(H,14,15);1-6H3;7H,1-4H3,(H,8,9);6H2,1-3H3,(H,7,8);1H4;1-2H2;1H2/b;;13-9+;;;;;;. The van der Waals surface area contributed by atoms with E-state index in [1.165, 1.54) is 0 Å². The van der Waals surface area contributed by atoms with Gasteiger partial charge in [-0.25, -0.2) is 60.7 Å². The van der Waals surface area contributed by atoms with Crippen molar-refractivity contribution in [3.63, 3.8) is 0 Å². The normalized spacial score (nSPS) is 10.8. The van der Waals surface area contributed by atoms with E-state index in [2.05, 4.69) is 54.1 Å². The van der Waals surface area contributed by atoms with Gasteiger partial charge in [-0.05, 0) is 162 Å². The molecule has 0 unspecified atom stereocenters. The number of amides is 5. The Bertz CT molecular complexity index is 2330. The van der Waals surface area contributed by atoms with Gasteiger partial charge >= 0.3 is 42.8 Å².